The van der Waals surface area contributed by atoms with Gasteiger partial charge in [0.05, 0.1) is 13.2 Å². The quantitative estimate of drug-likeness (QED) is 0.635. The zero-order valence-corrected chi connectivity index (χ0v) is 15.2. The Balaban J connectivity index is 2.74. The summed E-state index contributed by atoms with van der Waals surface area (Å²) in [5.41, 5.74) is 0.592. The lowest BCUT2D eigenvalue weighted by Gasteiger charge is -2.15. The van der Waals surface area contributed by atoms with Crippen LogP contribution in [0.25, 0.3) is 0 Å². The van der Waals surface area contributed by atoms with Crippen LogP contribution in [0.3, 0.4) is 0 Å². The van der Waals surface area contributed by atoms with Gasteiger partial charge in [0.2, 0.25) is 0 Å². The van der Waals surface area contributed by atoms with Crippen molar-refractivity contribution in [1.29, 1.82) is 0 Å². The van der Waals surface area contributed by atoms with Crippen LogP contribution in [0.1, 0.15) is 13.8 Å². The van der Waals surface area contributed by atoms with Gasteiger partial charge in [0.25, 0.3) is 0 Å². The third-order valence-corrected chi connectivity index (χ3v) is 3.85. The molecular weight excluding hydrogens is 406 g/mol. The van der Waals surface area contributed by atoms with Gasteiger partial charge in [0, 0.05) is 22.4 Å². The number of hydrogen-bond acceptors (Lipinski definition) is 4. The number of carbonyl (C=O) groups excluding carboxylic acids is 1. The Labute approximate surface area is 141 Å². The molecule has 0 aromatic heterocycles. The molecule has 0 atom stereocenters. The smallest absolute Gasteiger partial charge is 0.411 e. The van der Waals surface area contributed by atoms with E-state index in [1.54, 1.807) is 18.2 Å². The van der Waals surface area contributed by atoms with Crippen LogP contribution in [0, 0.1) is 0 Å². The van der Waals surface area contributed by atoms with E-state index in [9.17, 15) is 4.79 Å². The van der Waals surface area contributed by atoms with Crippen LogP contribution in [0.15, 0.2) is 18.2 Å². The summed E-state index contributed by atoms with van der Waals surface area (Å²) in [7, 11) is 0. The van der Waals surface area contributed by atoms with Gasteiger partial charge in [-0.1, -0.05) is 31.9 Å². The Kier molecular flexibility index (Phi) is 8.52. The first-order valence-corrected chi connectivity index (χ1v) is 8.88. The molecule has 0 saturated carbocycles. The van der Waals surface area contributed by atoms with Crippen LogP contribution in [0.4, 0.5) is 10.5 Å². The Bertz CT molecular complexity index is 453. The van der Waals surface area contributed by atoms with Gasteiger partial charge in [-0.25, -0.2) is 4.79 Å². The second-order valence-corrected chi connectivity index (χ2v) is 5.28. The summed E-state index contributed by atoms with van der Waals surface area (Å²) in [5.74, 6) is 1.24. The second-order valence-electron chi connectivity index (χ2n) is 3.99. The number of ether oxygens (including phenoxy) is 3. The molecule has 0 aliphatic heterocycles. The molecule has 7 heteroatoms. The second kappa shape index (κ2) is 9.89. The van der Waals surface area contributed by atoms with E-state index in [1.165, 1.54) is 0 Å². The summed E-state index contributed by atoms with van der Waals surface area (Å²) in [6.07, 6.45) is -0.732. The van der Waals surface area contributed by atoms with Crippen molar-refractivity contribution in [3.63, 3.8) is 0 Å². The molecule has 0 saturated heterocycles. The third kappa shape index (κ3) is 6.13. The van der Waals surface area contributed by atoms with E-state index in [-0.39, 0.29) is 6.10 Å². The lowest BCUT2D eigenvalue weighted by molar-refractivity contribution is 0.135. The number of alkyl halides is 2. The molecular formula is C14H19Br2NO4. The summed E-state index contributed by atoms with van der Waals surface area (Å²) in [6.45, 7) is 4.86. The molecule has 5 nitrogen and oxygen atoms in total. The third-order valence-electron chi connectivity index (χ3n) is 2.41. The molecule has 0 fully saturated rings. The average molecular weight is 425 g/mol. The Morgan fingerprint density at radius 1 is 1.14 bits per heavy atom. The summed E-state index contributed by atoms with van der Waals surface area (Å²) in [5, 5.41) is 3.81. The van der Waals surface area contributed by atoms with Crippen molar-refractivity contribution in [3.05, 3.63) is 18.2 Å². The molecule has 1 rings (SSSR count). The van der Waals surface area contributed by atoms with E-state index in [0.29, 0.717) is 41.1 Å². The van der Waals surface area contributed by atoms with E-state index in [4.69, 9.17) is 14.2 Å². The fourth-order valence-electron chi connectivity index (χ4n) is 1.53. The highest BCUT2D eigenvalue weighted by Gasteiger charge is 2.13. The molecule has 0 aliphatic carbocycles. The van der Waals surface area contributed by atoms with Gasteiger partial charge in [0.1, 0.15) is 6.10 Å². The molecule has 0 spiro atoms. The Morgan fingerprint density at radius 3 is 2.33 bits per heavy atom. The van der Waals surface area contributed by atoms with E-state index >= 15 is 0 Å². The van der Waals surface area contributed by atoms with Gasteiger partial charge in [-0.3, -0.25) is 5.32 Å². The van der Waals surface area contributed by atoms with E-state index in [1.807, 2.05) is 13.8 Å². The first-order valence-electron chi connectivity index (χ1n) is 6.63. The molecule has 0 bridgehead atoms. The minimum atomic E-state index is -0.509. The number of carbonyl (C=O) groups is 1. The minimum Gasteiger partial charge on any atom is -0.490 e. The molecule has 1 N–H and O–H groups in total. The van der Waals surface area contributed by atoms with Crippen molar-refractivity contribution < 1.29 is 19.0 Å². The summed E-state index contributed by atoms with van der Waals surface area (Å²) in [4.78, 5) is 11.8. The highest BCUT2D eigenvalue weighted by molar-refractivity contribution is 9.09. The van der Waals surface area contributed by atoms with Crippen molar-refractivity contribution >= 4 is 43.6 Å². The molecule has 1 aromatic rings. The number of nitrogens with one attached hydrogen (secondary N) is 1. The highest BCUT2D eigenvalue weighted by Crippen LogP contribution is 2.30. The maximum absolute atomic E-state index is 11.8. The van der Waals surface area contributed by atoms with Crippen molar-refractivity contribution in [3.8, 4) is 11.5 Å². The average Bonchev–Trinajstić information content (AvgIpc) is 2.48. The molecule has 21 heavy (non-hydrogen) atoms. The Hall–Kier alpha value is -0.950. The minimum absolute atomic E-state index is 0.223. The summed E-state index contributed by atoms with van der Waals surface area (Å²) >= 11 is 6.55. The zero-order chi connectivity index (χ0) is 15.7. The van der Waals surface area contributed by atoms with Crippen molar-refractivity contribution in [2.75, 3.05) is 29.2 Å². The SMILES string of the molecule is CCOc1ccc(NC(=O)OC(CBr)CBr)cc1OCC. The van der Waals surface area contributed by atoms with Crippen LogP contribution < -0.4 is 14.8 Å². The van der Waals surface area contributed by atoms with Crippen LogP contribution in [-0.4, -0.2) is 36.1 Å². The molecule has 0 aliphatic rings. The van der Waals surface area contributed by atoms with Crippen LogP contribution in [-0.2, 0) is 4.74 Å². The maximum Gasteiger partial charge on any atom is 0.411 e. The van der Waals surface area contributed by atoms with E-state index in [0.717, 1.165) is 0 Å². The largest absolute Gasteiger partial charge is 0.490 e. The standard InChI is InChI=1S/C14H19Br2NO4/c1-3-19-12-6-5-10(7-13(12)20-4-2)17-14(18)21-11(8-15)9-16/h5-7,11H,3-4,8-9H2,1-2H3,(H,17,18). The molecule has 118 valence electrons. The first-order chi connectivity index (χ1) is 10.1. The normalized spacial score (nSPS) is 10.3. The summed E-state index contributed by atoms with van der Waals surface area (Å²) < 4.78 is 16.2. The fraction of sp³-hybridized carbons (Fsp3) is 0.500. The number of benzene rings is 1. The van der Waals surface area contributed by atoms with Gasteiger partial charge in [-0.05, 0) is 26.0 Å². The number of amides is 1. The lowest BCUT2D eigenvalue weighted by atomic mass is 10.2. The predicted octanol–water partition coefficient (Wildman–Crippen LogP) is 4.19. The molecule has 0 radical (unpaired) electrons. The van der Waals surface area contributed by atoms with Gasteiger partial charge in [0.15, 0.2) is 11.5 Å². The first kappa shape index (κ1) is 18.1. The van der Waals surface area contributed by atoms with Gasteiger partial charge < -0.3 is 14.2 Å². The van der Waals surface area contributed by atoms with Crippen LogP contribution in [0.5, 0.6) is 11.5 Å². The van der Waals surface area contributed by atoms with Crippen LogP contribution in [0.2, 0.25) is 0 Å². The van der Waals surface area contributed by atoms with Crippen molar-refractivity contribution in [2.24, 2.45) is 0 Å². The number of hydrogen-bond donors (Lipinski definition) is 1. The topological polar surface area (TPSA) is 56.8 Å². The zero-order valence-electron chi connectivity index (χ0n) is 12.0. The maximum atomic E-state index is 11.8. The molecule has 1 aromatic carbocycles. The molecule has 1 amide bonds. The Morgan fingerprint density at radius 2 is 1.76 bits per heavy atom. The van der Waals surface area contributed by atoms with Gasteiger partial charge in [-0.2, -0.15) is 0 Å². The van der Waals surface area contributed by atoms with Gasteiger partial charge in [-0.15, -0.1) is 0 Å². The number of halogens is 2. The van der Waals surface area contributed by atoms with Crippen LogP contribution >= 0.6 is 31.9 Å². The van der Waals surface area contributed by atoms with E-state index < -0.39 is 6.09 Å². The monoisotopic (exact) mass is 423 g/mol. The molecule has 0 unspecified atom stereocenters. The number of anilines is 1. The summed E-state index contributed by atoms with van der Waals surface area (Å²) in [6, 6.07) is 5.22. The highest BCUT2D eigenvalue weighted by atomic mass is 79.9. The van der Waals surface area contributed by atoms with Crippen molar-refractivity contribution in [1.82, 2.24) is 0 Å². The molecule has 0 heterocycles. The van der Waals surface area contributed by atoms with Crippen molar-refractivity contribution in [2.45, 2.75) is 20.0 Å². The van der Waals surface area contributed by atoms with E-state index in [2.05, 4.69) is 37.2 Å². The fourth-order valence-corrected chi connectivity index (χ4v) is 2.87. The number of rotatable bonds is 8. The lowest BCUT2D eigenvalue weighted by Crippen LogP contribution is -2.24. The predicted molar refractivity (Wildman–Crippen MR) is 90.3 cm³/mol. The van der Waals surface area contributed by atoms with Gasteiger partial charge >= 0.3 is 6.09 Å².